The van der Waals surface area contributed by atoms with E-state index in [1.54, 1.807) is 16.1 Å². The van der Waals surface area contributed by atoms with Crippen molar-refractivity contribution in [3.63, 3.8) is 0 Å². The standard InChI is InChI=1S/C13H26N4O2S2.HI/c14-13(16-12-4-2-1-3-5-12)15-6-11-21(18,19)17-7-9-20-10-8-17;/h12H,1-11H2,(H3,14,15,16);1H. The molecule has 2 aliphatic rings. The molecule has 0 amide bonds. The van der Waals surface area contributed by atoms with Crippen molar-refractivity contribution in [2.45, 2.75) is 38.1 Å². The Bertz CT molecular complexity index is 447. The van der Waals surface area contributed by atoms with Gasteiger partial charge in [0.2, 0.25) is 10.0 Å². The third-order valence-electron chi connectivity index (χ3n) is 3.95. The summed E-state index contributed by atoms with van der Waals surface area (Å²) in [5, 5.41) is 3.20. The molecule has 22 heavy (non-hydrogen) atoms. The van der Waals surface area contributed by atoms with Crippen LogP contribution in [0.15, 0.2) is 4.99 Å². The van der Waals surface area contributed by atoms with Crippen LogP contribution >= 0.6 is 35.7 Å². The van der Waals surface area contributed by atoms with E-state index in [2.05, 4.69) is 10.3 Å². The SMILES string of the molecule is I.NC(=NCCS(=O)(=O)N1CCSCC1)NC1CCCCC1. The highest BCUT2D eigenvalue weighted by molar-refractivity contribution is 14.0. The highest BCUT2D eigenvalue weighted by Gasteiger charge is 2.23. The Morgan fingerprint density at radius 1 is 1.23 bits per heavy atom. The number of nitrogens with one attached hydrogen (secondary N) is 1. The molecule has 0 aromatic carbocycles. The van der Waals surface area contributed by atoms with E-state index in [1.807, 2.05) is 0 Å². The fourth-order valence-electron chi connectivity index (χ4n) is 2.74. The summed E-state index contributed by atoms with van der Waals surface area (Å²) in [5.41, 5.74) is 5.84. The zero-order valence-corrected chi connectivity index (χ0v) is 16.8. The third kappa shape index (κ3) is 6.79. The molecule has 9 heteroatoms. The van der Waals surface area contributed by atoms with Gasteiger partial charge in [-0.25, -0.2) is 12.7 Å². The summed E-state index contributed by atoms with van der Waals surface area (Å²) in [5.74, 6) is 2.19. The average Bonchev–Trinajstić information content (AvgIpc) is 2.49. The molecular weight excluding hydrogens is 435 g/mol. The molecule has 1 heterocycles. The Kier molecular flexibility index (Phi) is 9.41. The van der Waals surface area contributed by atoms with Gasteiger partial charge < -0.3 is 11.1 Å². The fourth-order valence-corrected chi connectivity index (χ4v) is 5.19. The minimum Gasteiger partial charge on any atom is -0.370 e. The summed E-state index contributed by atoms with van der Waals surface area (Å²) >= 11 is 1.80. The highest BCUT2D eigenvalue weighted by Crippen LogP contribution is 2.17. The lowest BCUT2D eigenvalue weighted by atomic mass is 9.96. The molecule has 0 spiro atoms. The van der Waals surface area contributed by atoms with Crippen molar-refractivity contribution in [2.75, 3.05) is 36.9 Å². The first kappa shape index (κ1) is 20.3. The predicted molar refractivity (Wildman–Crippen MR) is 105 cm³/mol. The van der Waals surface area contributed by atoms with E-state index in [-0.39, 0.29) is 36.3 Å². The van der Waals surface area contributed by atoms with Gasteiger partial charge in [0.05, 0.1) is 12.3 Å². The molecule has 3 N–H and O–H groups in total. The largest absolute Gasteiger partial charge is 0.370 e. The van der Waals surface area contributed by atoms with Crippen LogP contribution in [0.4, 0.5) is 0 Å². The molecule has 1 aliphatic carbocycles. The van der Waals surface area contributed by atoms with Crippen molar-refractivity contribution in [3.8, 4) is 0 Å². The Morgan fingerprint density at radius 3 is 2.50 bits per heavy atom. The van der Waals surface area contributed by atoms with Crippen LogP contribution in [0.1, 0.15) is 32.1 Å². The van der Waals surface area contributed by atoms with Crippen molar-refractivity contribution in [1.82, 2.24) is 9.62 Å². The number of halogens is 1. The van der Waals surface area contributed by atoms with Crippen LogP contribution in [0.5, 0.6) is 0 Å². The molecule has 6 nitrogen and oxygen atoms in total. The summed E-state index contributed by atoms with van der Waals surface area (Å²) in [6, 6.07) is 0.401. The molecule has 0 aromatic heterocycles. The van der Waals surface area contributed by atoms with Gasteiger partial charge in [0.15, 0.2) is 5.96 Å². The second kappa shape index (κ2) is 10.2. The van der Waals surface area contributed by atoms with Gasteiger partial charge >= 0.3 is 0 Å². The third-order valence-corrected chi connectivity index (χ3v) is 6.74. The average molecular weight is 462 g/mol. The van der Waals surface area contributed by atoms with Gasteiger partial charge in [-0.1, -0.05) is 19.3 Å². The maximum Gasteiger partial charge on any atom is 0.215 e. The quantitative estimate of drug-likeness (QED) is 0.365. The molecule has 1 aliphatic heterocycles. The van der Waals surface area contributed by atoms with Crippen LogP contribution in [0.2, 0.25) is 0 Å². The lowest BCUT2D eigenvalue weighted by Crippen LogP contribution is -2.42. The first-order chi connectivity index (χ1) is 10.1. The number of thioether (sulfide) groups is 1. The molecule has 1 saturated carbocycles. The molecule has 0 aromatic rings. The van der Waals surface area contributed by atoms with Crippen LogP contribution in [-0.2, 0) is 10.0 Å². The molecule has 2 rings (SSSR count). The van der Waals surface area contributed by atoms with Gasteiger partial charge in [-0.15, -0.1) is 24.0 Å². The number of rotatable bonds is 5. The number of sulfonamides is 1. The molecular formula is C13H27IN4O2S2. The summed E-state index contributed by atoms with van der Waals surface area (Å²) < 4.78 is 25.9. The van der Waals surface area contributed by atoms with Gasteiger partial charge in [-0.3, -0.25) is 4.99 Å². The molecule has 0 atom stereocenters. The van der Waals surface area contributed by atoms with E-state index in [0.29, 0.717) is 25.1 Å². The van der Waals surface area contributed by atoms with Crippen LogP contribution in [-0.4, -0.2) is 61.6 Å². The van der Waals surface area contributed by atoms with Crippen LogP contribution in [0.25, 0.3) is 0 Å². The first-order valence-corrected chi connectivity index (χ1v) is 10.5. The number of nitrogens with two attached hydrogens (primary N) is 1. The zero-order valence-electron chi connectivity index (χ0n) is 12.9. The van der Waals surface area contributed by atoms with Crippen molar-refractivity contribution in [3.05, 3.63) is 0 Å². The molecule has 0 bridgehead atoms. The van der Waals surface area contributed by atoms with E-state index in [9.17, 15) is 8.42 Å². The Morgan fingerprint density at radius 2 is 1.86 bits per heavy atom. The van der Waals surface area contributed by atoms with Crippen molar-refractivity contribution >= 4 is 51.7 Å². The zero-order chi connectivity index (χ0) is 15.1. The first-order valence-electron chi connectivity index (χ1n) is 7.70. The molecule has 0 radical (unpaired) electrons. The summed E-state index contributed by atoms with van der Waals surface area (Å²) in [6.07, 6.45) is 6.00. The maximum absolute atomic E-state index is 12.1. The second-order valence-electron chi connectivity index (χ2n) is 5.57. The fraction of sp³-hybridized carbons (Fsp3) is 0.923. The summed E-state index contributed by atoms with van der Waals surface area (Å²) in [7, 11) is -3.18. The maximum atomic E-state index is 12.1. The smallest absolute Gasteiger partial charge is 0.215 e. The van der Waals surface area contributed by atoms with E-state index < -0.39 is 10.0 Å². The second-order valence-corrected chi connectivity index (χ2v) is 8.89. The van der Waals surface area contributed by atoms with Crippen molar-refractivity contribution < 1.29 is 8.42 Å². The number of hydrogen-bond donors (Lipinski definition) is 2. The monoisotopic (exact) mass is 462 g/mol. The highest BCUT2D eigenvalue weighted by atomic mass is 127. The number of guanidine groups is 1. The van der Waals surface area contributed by atoms with Gasteiger partial charge in [-0.2, -0.15) is 11.8 Å². The predicted octanol–water partition coefficient (Wildman–Crippen LogP) is 1.22. The normalized spacial score (nSPS) is 22.1. The molecule has 1 saturated heterocycles. The Hall–Kier alpha value is 0.260. The van der Waals surface area contributed by atoms with Crippen molar-refractivity contribution in [2.24, 2.45) is 10.7 Å². The summed E-state index contributed by atoms with van der Waals surface area (Å²) in [6.45, 7) is 1.47. The Balaban J connectivity index is 0.00000242. The van der Waals surface area contributed by atoms with E-state index >= 15 is 0 Å². The van der Waals surface area contributed by atoms with Gasteiger partial charge in [-0.05, 0) is 12.8 Å². The lowest BCUT2D eigenvalue weighted by Gasteiger charge is -2.25. The van der Waals surface area contributed by atoms with Gasteiger partial charge in [0.25, 0.3) is 0 Å². The molecule has 130 valence electrons. The van der Waals surface area contributed by atoms with Gasteiger partial charge in [0.1, 0.15) is 0 Å². The Labute approximate surface area is 155 Å². The number of nitrogens with zero attached hydrogens (tertiary/aromatic N) is 2. The number of hydrogen-bond acceptors (Lipinski definition) is 4. The minimum atomic E-state index is -3.18. The van der Waals surface area contributed by atoms with Crippen LogP contribution in [0, 0.1) is 0 Å². The van der Waals surface area contributed by atoms with Gasteiger partial charge in [0, 0.05) is 30.6 Å². The number of aliphatic imine (C=N–C) groups is 1. The van der Waals surface area contributed by atoms with E-state index in [4.69, 9.17) is 5.73 Å². The molecule has 0 unspecified atom stereocenters. The van der Waals surface area contributed by atoms with E-state index in [1.165, 1.54) is 19.3 Å². The topological polar surface area (TPSA) is 87.8 Å². The minimum absolute atomic E-state index is 0. The summed E-state index contributed by atoms with van der Waals surface area (Å²) in [4.78, 5) is 4.17. The molecule has 2 fully saturated rings. The van der Waals surface area contributed by atoms with E-state index in [0.717, 1.165) is 24.3 Å². The van der Waals surface area contributed by atoms with Crippen LogP contribution in [0.3, 0.4) is 0 Å². The lowest BCUT2D eigenvalue weighted by molar-refractivity contribution is 0.412. The van der Waals surface area contributed by atoms with Crippen molar-refractivity contribution in [1.29, 1.82) is 0 Å². The van der Waals surface area contributed by atoms with Crippen LogP contribution < -0.4 is 11.1 Å².